The number of hydrogen-bond donors (Lipinski definition) is 1. The molecule has 2 heterocycles. The molecule has 0 saturated carbocycles. The Morgan fingerprint density at radius 1 is 1.35 bits per heavy atom. The molecule has 2 amide bonds. The summed E-state index contributed by atoms with van der Waals surface area (Å²) in [5, 5.41) is 6.78. The zero-order valence-corrected chi connectivity index (χ0v) is 13.8. The summed E-state index contributed by atoms with van der Waals surface area (Å²) in [5.41, 5.74) is 1.14. The van der Waals surface area contributed by atoms with Gasteiger partial charge >= 0.3 is 6.03 Å². The first-order chi connectivity index (χ1) is 11.0. The van der Waals surface area contributed by atoms with Gasteiger partial charge in [-0.3, -0.25) is 4.98 Å². The predicted octanol–water partition coefficient (Wildman–Crippen LogP) is 2.05. The van der Waals surface area contributed by atoms with Gasteiger partial charge in [0, 0.05) is 32.4 Å². The molecular formula is C16H23N5O2. The Labute approximate surface area is 136 Å². The highest BCUT2D eigenvalue weighted by molar-refractivity contribution is 5.73. The number of amides is 2. The van der Waals surface area contributed by atoms with Gasteiger partial charge in [-0.15, -0.1) is 0 Å². The Bertz CT molecular complexity index is 612. The summed E-state index contributed by atoms with van der Waals surface area (Å²) in [5.74, 6) is 1.59. The number of aromatic nitrogens is 3. The maximum Gasteiger partial charge on any atom is 0.317 e. The van der Waals surface area contributed by atoms with E-state index in [1.165, 1.54) is 4.90 Å². The number of nitrogens with zero attached hydrogens (tertiary/aromatic N) is 4. The average Bonchev–Trinajstić information content (AvgIpc) is 2.94. The van der Waals surface area contributed by atoms with Crippen molar-refractivity contribution in [1.29, 1.82) is 0 Å². The molecule has 0 aliphatic rings. The van der Waals surface area contributed by atoms with E-state index in [9.17, 15) is 4.79 Å². The minimum atomic E-state index is -0.158. The topological polar surface area (TPSA) is 84.2 Å². The van der Waals surface area contributed by atoms with Gasteiger partial charge < -0.3 is 14.7 Å². The van der Waals surface area contributed by atoms with Crippen LogP contribution in [-0.4, -0.2) is 39.6 Å². The first kappa shape index (κ1) is 16.9. The molecule has 23 heavy (non-hydrogen) atoms. The second-order valence-corrected chi connectivity index (χ2v) is 5.90. The van der Waals surface area contributed by atoms with Crippen LogP contribution in [0.25, 0.3) is 0 Å². The molecule has 0 aliphatic heterocycles. The van der Waals surface area contributed by atoms with E-state index in [0.717, 1.165) is 18.4 Å². The number of pyridine rings is 1. The van der Waals surface area contributed by atoms with Crippen molar-refractivity contribution in [1.82, 2.24) is 25.3 Å². The highest BCUT2D eigenvalue weighted by Crippen LogP contribution is 2.06. The third-order valence-corrected chi connectivity index (χ3v) is 3.26. The predicted molar refractivity (Wildman–Crippen MR) is 85.6 cm³/mol. The van der Waals surface area contributed by atoms with E-state index in [-0.39, 0.29) is 6.03 Å². The van der Waals surface area contributed by atoms with Gasteiger partial charge in [-0.2, -0.15) is 4.98 Å². The Balaban J connectivity index is 1.75. The maximum atomic E-state index is 12.0. The molecule has 1 N–H and O–H groups in total. The molecule has 7 heteroatoms. The van der Waals surface area contributed by atoms with E-state index in [2.05, 4.69) is 34.3 Å². The fourth-order valence-corrected chi connectivity index (χ4v) is 2.07. The quantitative estimate of drug-likeness (QED) is 0.845. The number of urea groups is 1. The average molecular weight is 317 g/mol. The minimum absolute atomic E-state index is 0.158. The fourth-order valence-electron chi connectivity index (χ4n) is 2.07. The highest BCUT2D eigenvalue weighted by atomic mass is 16.5. The summed E-state index contributed by atoms with van der Waals surface area (Å²) in [6.07, 6.45) is 5.00. The lowest BCUT2D eigenvalue weighted by Crippen LogP contribution is -2.38. The number of carbonyl (C=O) groups excluding carboxylic acids is 1. The van der Waals surface area contributed by atoms with Crippen molar-refractivity contribution >= 4 is 6.03 Å². The van der Waals surface area contributed by atoms with Gasteiger partial charge in [0.1, 0.15) is 0 Å². The first-order valence-electron chi connectivity index (χ1n) is 7.74. The third kappa shape index (κ3) is 5.69. The van der Waals surface area contributed by atoms with Gasteiger partial charge in [-0.1, -0.05) is 19.0 Å². The highest BCUT2D eigenvalue weighted by Gasteiger charge is 2.13. The van der Waals surface area contributed by atoms with Crippen LogP contribution in [0.1, 0.15) is 31.1 Å². The molecule has 0 bridgehead atoms. The second kappa shape index (κ2) is 8.26. The Morgan fingerprint density at radius 2 is 2.09 bits per heavy atom. The molecule has 0 aliphatic carbocycles. The summed E-state index contributed by atoms with van der Waals surface area (Å²) in [7, 11) is 1.71. The van der Waals surface area contributed by atoms with Gasteiger partial charge in [0.25, 0.3) is 0 Å². The Morgan fingerprint density at radius 3 is 2.78 bits per heavy atom. The van der Waals surface area contributed by atoms with E-state index >= 15 is 0 Å². The third-order valence-electron chi connectivity index (χ3n) is 3.26. The molecule has 0 aromatic carbocycles. The van der Waals surface area contributed by atoms with Crippen molar-refractivity contribution in [2.75, 3.05) is 13.6 Å². The van der Waals surface area contributed by atoms with Crippen molar-refractivity contribution in [2.24, 2.45) is 5.92 Å². The number of hydrogen-bond acceptors (Lipinski definition) is 5. The van der Waals surface area contributed by atoms with Crippen LogP contribution in [0, 0.1) is 5.92 Å². The van der Waals surface area contributed by atoms with Crippen molar-refractivity contribution in [2.45, 2.75) is 33.2 Å². The van der Waals surface area contributed by atoms with E-state index in [1.807, 2.05) is 12.1 Å². The summed E-state index contributed by atoms with van der Waals surface area (Å²) in [6, 6.07) is 3.71. The SMILES string of the molecule is CC(C)Cc1nc(CN(C)C(=O)NCCc2ccncc2)no1. The first-order valence-corrected chi connectivity index (χ1v) is 7.74. The molecule has 2 rings (SSSR count). The standard InChI is InChI=1S/C16H23N5O2/c1-12(2)10-15-19-14(20-23-15)11-21(3)16(22)18-9-6-13-4-7-17-8-5-13/h4-5,7-8,12H,6,9-11H2,1-3H3,(H,18,22). The summed E-state index contributed by atoms with van der Waals surface area (Å²) < 4.78 is 5.17. The van der Waals surface area contributed by atoms with Crippen LogP contribution in [-0.2, 0) is 19.4 Å². The number of carbonyl (C=O) groups is 1. The van der Waals surface area contributed by atoms with Crippen LogP contribution >= 0.6 is 0 Å². The van der Waals surface area contributed by atoms with Crippen molar-refractivity contribution < 1.29 is 9.32 Å². The van der Waals surface area contributed by atoms with Crippen molar-refractivity contribution in [3.05, 3.63) is 41.8 Å². The molecule has 124 valence electrons. The van der Waals surface area contributed by atoms with Crippen molar-refractivity contribution in [3.8, 4) is 0 Å². The van der Waals surface area contributed by atoms with Gasteiger partial charge in [-0.25, -0.2) is 4.79 Å². The molecule has 0 saturated heterocycles. The molecule has 0 unspecified atom stereocenters. The van der Waals surface area contributed by atoms with E-state index in [0.29, 0.717) is 30.7 Å². The van der Waals surface area contributed by atoms with Crippen molar-refractivity contribution in [3.63, 3.8) is 0 Å². The summed E-state index contributed by atoms with van der Waals surface area (Å²) in [4.78, 5) is 21.8. The lowest BCUT2D eigenvalue weighted by molar-refractivity contribution is 0.205. The van der Waals surface area contributed by atoms with Crippen LogP contribution in [0.5, 0.6) is 0 Å². The van der Waals surface area contributed by atoms with E-state index in [4.69, 9.17) is 4.52 Å². The van der Waals surface area contributed by atoms with E-state index in [1.54, 1.807) is 19.4 Å². The molecule has 7 nitrogen and oxygen atoms in total. The van der Waals surface area contributed by atoms with Crippen LogP contribution in [0.15, 0.2) is 29.0 Å². The van der Waals surface area contributed by atoms with Gasteiger partial charge in [-0.05, 0) is 30.0 Å². The maximum absolute atomic E-state index is 12.0. The fraction of sp³-hybridized carbons (Fsp3) is 0.500. The number of nitrogens with one attached hydrogen (secondary N) is 1. The molecule has 0 spiro atoms. The van der Waals surface area contributed by atoms with Crippen LogP contribution < -0.4 is 5.32 Å². The lowest BCUT2D eigenvalue weighted by atomic mass is 10.1. The monoisotopic (exact) mass is 317 g/mol. The smallest absolute Gasteiger partial charge is 0.317 e. The Hall–Kier alpha value is -2.44. The minimum Gasteiger partial charge on any atom is -0.339 e. The zero-order valence-electron chi connectivity index (χ0n) is 13.8. The van der Waals surface area contributed by atoms with Gasteiger partial charge in [0.15, 0.2) is 5.82 Å². The van der Waals surface area contributed by atoms with Crippen LogP contribution in [0.2, 0.25) is 0 Å². The van der Waals surface area contributed by atoms with Gasteiger partial charge in [0.05, 0.1) is 6.54 Å². The van der Waals surface area contributed by atoms with Gasteiger partial charge in [0.2, 0.25) is 5.89 Å². The zero-order chi connectivity index (χ0) is 16.7. The molecule has 2 aromatic heterocycles. The Kier molecular flexibility index (Phi) is 6.08. The molecular weight excluding hydrogens is 294 g/mol. The normalized spacial score (nSPS) is 10.8. The lowest BCUT2D eigenvalue weighted by Gasteiger charge is -2.15. The molecule has 0 radical (unpaired) electrons. The summed E-state index contributed by atoms with van der Waals surface area (Å²) in [6.45, 7) is 5.07. The van der Waals surface area contributed by atoms with Crippen LogP contribution in [0.4, 0.5) is 4.79 Å². The van der Waals surface area contributed by atoms with Crippen LogP contribution in [0.3, 0.4) is 0 Å². The molecule has 0 fully saturated rings. The summed E-state index contributed by atoms with van der Waals surface area (Å²) >= 11 is 0. The second-order valence-electron chi connectivity index (χ2n) is 5.90. The largest absolute Gasteiger partial charge is 0.339 e. The molecule has 2 aromatic rings. The number of rotatable bonds is 7. The van der Waals surface area contributed by atoms with E-state index < -0.39 is 0 Å². The molecule has 0 atom stereocenters.